The third-order valence-corrected chi connectivity index (χ3v) is 3.01. The van der Waals surface area contributed by atoms with Crippen molar-refractivity contribution >= 4 is 29.9 Å². The van der Waals surface area contributed by atoms with Crippen molar-refractivity contribution in [2.45, 2.75) is 20.0 Å². The van der Waals surface area contributed by atoms with E-state index in [4.69, 9.17) is 0 Å². The molecule has 0 unspecified atom stereocenters. The highest BCUT2D eigenvalue weighted by molar-refractivity contribution is 14.0. The van der Waals surface area contributed by atoms with Gasteiger partial charge in [0.25, 0.3) is 0 Å². The van der Waals surface area contributed by atoms with E-state index in [0.717, 1.165) is 31.2 Å². The third-order valence-electron chi connectivity index (χ3n) is 3.01. The van der Waals surface area contributed by atoms with Crippen LogP contribution in [0.15, 0.2) is 53.8 Å². The van der Waals surface area contributed by atoms with Gasteiger partial charge >= 0.3 is 0 Å². The molecule has 0 fully saturated rings. The summed E-state index contributed by atoms with van der Waals surface area (Å²) < 4.78 is 15.0. The van der Waals surface area contributed by atoms with Crippen LogP contribution in [0.2, 0.25) is 0 Å². The lowest BCUT2D eigenvalue weighted by Gasteiger charge is -2.11. The number of aromatic nitrogens is 1. The Kier molecular flexibility index (Phi) is 8.57. The fourth-order valence-electron chi connectivity index (χ4n) is 1.92. The average Bonchev–Trinajstić information content (AvgIpc) is 3.00. The van der Waals surface area contributed by atoms with E-state index in [2.05, 4.69) is 20.2 Å². The molecule has 1 aromatic carbocycles. The number of nitrogens with zero attached hydrogens (tertiary/aromatic N) is 2. The molecule has 120 valence electrons. The highest BCUT2D eigenvalue weighted by Crippen LogP contribution is 2.03. The van der Waals surface area contributed by atoms with Crippen molar-refractivity contribution in [3.05, 3.63) is 60.2 Å². The van der Waals surface area contributed by atoms with Crippen LogP contribution in [0.25, 0.3) is 0 Å². The summed E-state index contributed by atoms with van der Waals surface area (Å²) in [7, 11) is 0. The van der Waals surface area contributed by atoms with E-state index < -0.39 is 0 Å². The Morgan fingerprint density at radius 2 is 1.82 bits per heavy atom. The van der Waals surface area contributed by atoms with Crippen LogP contribution in [-0.4, -0.2) is 23.6 Å². The van der Waals surface area contributed by atoms with Gasteiger partial charge in [-0.05, 0) is 36.8 Å². The van der Waals surface area contributed by atoms with Crippen LogP contribution >= 0.6 is 24.0 Å². The first-order valence-electron chi connectivity index (χ1n) is 7.15. The van der Waals surface area contributed by atoms with Gasteiger partial charge in [-0.2, -0.15) is 0 Å². The molecule has 0 spiro atoms. The number of guanidine groups is 1. The Hall–Kier alpha value is -1.57. The summed E-state index contributed by atoms with van der Waals surface area (Å²) in [6.07, 6.45) is 4.06. The molecule has 0 saturated carbocycles. The molecule has 0 bridgehead atoms. The number of benzene rings is 1. The SMILES string of the molecule is CCNC(=NCc1ccc(F)cc1)NCCn1cccc1.I. The van der Waals surface area contributed by atoms with Crippen molar-refractivity contribution in [3.8, 4) is 0 Å². The van der Waals surface area contributed by atoms with Gasteiger partial charge in [0.15, 0.2) is 5.96 Å². The number of aliphatic imine (C=N–C) groups is 1. The lowest BCUT2D eigenvalue weighted by atomic mass is 10.2. The van der Waals surface area contributed by atoms with Crippen LogP contribution in [0.4, 0.5) is 4.39 Å². The standard InChI is InChI=1S/C16H21FN4.HI/c1-2-18-16(19-9-12-21-10-3-4-11-21)20-13-14-5-7-15(17)8-6-14;/h3-8,10-11H,2,9,12-13H2,1H3,(H2,18,19,20);1H. The zero-order chi connectivity index (χ0) is 14.9. The Morgan fingerprint density at radius 3 is 2.45 bits per heavy atom. The molecular weight excluding hydrogens is 394 g/mol. The second kappa shape index (κ2) is 10.2. The quantitative estimate of drug-likeness (QED) is 0.432. The summed E-state index contributed by atoms with van der Waals surface area (Å²) in [6, 6.07) is 10.4. The molecule has 4 nitrogen and oxygen atoms in total. The fraction of sp³-hybridized carbons (Fsp3) is 0.312. The van der Waals surface area contributed by atoms with E-state index in [9.17, 15) is 4.39 Å². The summed E-state index contributed by atoms with van der Waals surface area (Å²) in [4.78, 5) is 4.49. The van der Waals surface area contributed by atoms with Gasteiger partial charge in [0.05, 0.1) is 6.54 Å². The maximum absolute atomic E-state index is 12.8. The number of nitrogens with one attached hydrogen (secondary N) is 2. The lowest BCUT2D eigenvalue weighted by Crippen LogP contribution is -2.38. The minimum Gasteiger partial charge on any atom is -0.357 e. The Morgan fingerprint density at radius 1 is 1.14 bits per heavy atom. The van der Waals surface area contributed by atoms with Gasteiger partial charge in [-0.1, -0.05) is 12.1 Å². The van der Waals surface area contributed by atoms with E-state index in [1.165, 1.54) is 12.1 Å². The van der Waals surface area contributed by atoms with Crippen LogP contribution in [-0.2, 0) is 13.1 Å². The molecule has 2 rings (SSSR count). The largest absolute Gasteiger partial charge is 0.357 e. The molecule has 6 heteroatoms. The number of hydrogen-bond acceptors (Lipinski definition) is 1. The third kappa shape index (κ3) is 6.46. The summed E-state index contributed by atoms with van der Waals surface area (Å²) in [6.45, 7) is 5.04. The van der Waals surface area contributed by atoms with Gasteiger partial charge in [0, 0.05) is 32.0 Å². The molecule has 0 saturated heterocycles. The van der Waals surface area contributed by atoms with Gasteiger partial charge in [-0.15, -0.1) is 24.0 Å². The molecule has 1 aromatic heterocycles. The summed E-state index contributed by atoms with van der Waals surface area (Å²) in [5.41, 5.74) is 0.985. The first-order valence-corrected chi connectivity index (χ1v) is 7.15. The van der Waals surface area contributed by atoms with Crippen molar-refractivity contribution < 1.29 is 4.39 Å². The summed E-state index contributed by atoms with van der Waals surface area (Å²) in [5, 5.41) is 6.48. The summed E-state index contributed by atoms with van der Waals surface area (Å²) in [5.74, 6) is 0.550. The Labute approximate surface area is 147 Å². The smallest absolute Gasteiger partial charge is 0.191 e. The van der Waals surface area contributed by atoms with Crippen LogP contribution < -0.4 is 10.6 Å². The van der Waals surface area contributed by atoms with Gasteiger partial charge in [-0.3, -0.25) is 0 Å². The molecule has 2 N–H and O–H groups in total. The van der Waals surface area contributed by atoms with Crippen molar-refractivity contribution in [2.75, 3.05) is 13.1 Å². The van der Waals surface area contributed by atoms with Crippen LogP contribution in [0.5, 0.6) is 0 Å². The molecule has 0 atom stereocenters. The molecule has 0 radical (unpaired) electrons. The minimum atomic E-state index is -0.223. The van der Waals surface area contributed by atoms with E-state index in [1.54, 1.807) is 12.1 Å². The second-order valence-corrected chi connectivity index (χ2v) is 4.67. The zero-order valence-electron chi connectivity index (χ0n) is 12.6. The van der Waals surface area contributed by atoms with Crippen LogP contribution in [0, 0.1) is 5.82 Å². The summed E-state index contributed by atoms with van der Waals surface area (Å²) >= 11 is 0. The van der Waals surface area contributed by atoms with Crippen molar-refractivity contribution in [1.29, 1.82) is 0 Å². The van der Waals surface area contributed by atoms with Gasteiger partial charge in [0.2, 0.25) is 0 Å². The van der Waals surface area contributed by atoms with Crippen molar-refractivity contribution in [2.24, 2.45) is 4.99 Å². The molecule has 0 aliphatic rings. The van der Waals surface area contributed by atoms with Gasteiger partial charge < -0.3 is 15.2 Å². The van der Waals surface area contributed by atoms with Gasteiger partial charge in [-0.25, -0.2) is 9.38 Å². The molecule has 1 heterocycles. The predicted molar refractivity (Wildman–Crippen MR) is 99.1 cm³/mol. The van der Waals surface area contributed by atoms with E-state index in [-0.39, 0.29) is 29.8 Å². The van der Waals surface area contributed by atoms with Gasteiger partial charge in [0.1, 0.15) is 5.82 Å². The van der Waals surface area contributed by atoms with Crippen LogP contribution in [0.1, 0.15) is 12.5 Å². The highest BCUT2D eigenvalue weighted by Gasteiger charge is 1.98. The Balaban J connectivity index is 0.00000242. The monoisotopic (exact) mass is 416 g/mol. The second-order valence-electron chi connectivity index (χ2n) is 4.67. The van der Waals surface area contributed by atoms with E-state index in [1.807, 2.05) is 31.5 Å². The number of halogens is 2. The first kappa shape index (κ1) is 18.5. The molecule has 0 aliphatic heterocycles. The molecule has 0 aliphatic carbocycles. The Bertz CT molecular complexity index is 552. The molecular formula is C16H22FIN4. The number of rotatable bonds is 6. The number of hydrogen-bond donors (Lipinski definition) is 2. The minimum absolute atomic E-state index is 0. The molecule has 22 heavy (non-hydrogen) atoms. The predicted octanol–water partition coefficient (Wildman–Crippen LogP) is 3.00. The maximum atomic E-state index is 12.8. The highest BCUT2D eigenvalue weighted by atomic mass is 127. The maximum Gasteiger partial charge on any atom is 0.191 e. The molecule has 0 amide bonds. The van der Waals surface area contributed by atoms with E-state index >= 15 is 0 Å². The topological polar surface area (TPSA) is 41.4 Å². The molecule has 2 aromatic rings. The average molecular weight is 416 g/mol. The van der Waals surface area contributed by atoms with Crippen molar-refractivity contribution in [3.63, 3.8) is 0 Å². The lowest BCUT2D eigenvalue weighted by molar-refractivity contribution is 0.627. The normalized spacial score (nSPS) is 10.9. The first-order chi connectivity index (χ1) is 10.3. The van der Waals surface area contributed by atoms with Crippen LogP contribution in [0.3, 0.4) is 0 Å². The zero-order valence-corrected chi connectivity index (χ0v) is 15.0. The fourth-order valence-corrected chi connectivity index (χ4v) is 1.92. The van der Waals surface area contributed by atoms with Crippen molar-refractivity contribution in [1.82, 2.24) is 15.2 Å². The van der Waals surface area contributed by atoms with E-state index in [0.29, 0.717) is 6.54 Å².